The Balaban J connectivity index is 2.40. The molecule has 19 heavy (non-hydrogen) atoms. The third-order valence-electron chi connectivity index (χ3n) is 2.67. The van der Waals surface area contributed by atoms with Crippen molar-refractivity contribution in [1.82, 2.24) is 10.2 Å². The molecule has 0 unspecified atom stereocenters. The molecule has 1 amide bonds. The summed E-state index contributed by atoms with van der Waals surface area (Å²) in [6, 6.07) is 5.00. The van der Waals surface area contributed by atoms with Crippen LogP contribution in [0.3, 0.4) is 0 Å². The second-order valence-electron chi connectivity index (χ2n) is 4.33. The Hall–Kier alpha value is -0.810. The van der Waals surface area contributed by atoms with E-state index in [9.17, 15) is 4.79 Å². The van der Waals surface area contributed by atoms with Crippen molar-refractivity contribution < 1.29 is 4.79 Å². The zero-order chi connectivity index (χ0) is 14.3. The lowest BCUT2D eigenvalue weighted by Crippen LogP contribution is -2.30. The van der Waals surface area contributed by atoms with Crippen LogP contribution in [0.1, 0.15) is 6.42 Å². The van der Waals surface area contributed by atoms with Crippen LogP contribution in [-0.4, -0.2) is 44.5 Å². The van der Waals surface area contributed by atoms with Gasteiger partial charge in [0.25, 0.3) is 0 Å². The fourth-order valence-electron chi connectivity index (χ4n) is 1.51. The average molecular weight is 304 g/mol. The van der Waals surface area contributed by atoms with Gasteiger partial charge in [0.05, 0.1) is 10.7 Å². The summed E-state index contributed by atoms with van der Waals surface area (Å²) in [5, 5.41) is 6.86. The summed E-state index contributed by atoms with van der Waals surface area (Å²) in [7, 11) is 3.89. The van der Waals surface area contributed by atoms with Crippen LogP contribution < -0.4 is 10.6 Å². The first kappa shape index (κ1) is 16.2. The van der Waals surface area contributed by atoms with E-state index < -0.39 is 0 Å². The monoisotopic (exact) mass is 303 g/mol. The lowest BCUT2D eigenvalue weighted by Gasteiger charge is -2.16. The SMILES string of the molecule is CNCCN(C)CCC(=O)Nc1cc(Cl)ccc1Cl. The number of nitrogens with one attached hydrogen (secondary N) is 2. The van der Waals surface area contributed by atoms with Gasteiger partial charge in [0.15, 0.2) is 0 Å². The van der Waals surface area contributed by atoms with Gasteiger partial charge in [-0.15, -0.1) is 0 Å². The van der Waals surface area contributed by atoms with E-state index in [1.54, 1.807) is 18.2 Å². The highest BCUT2D eigenvalue weighted by Gasteiger charge is 2.07. The molecular weight excluding hydrogens is 285 g/mol. The van der Waals surface area contributed by atoms with Gasteiger partial charge in [0.2, 0.25) is 5.91 Å². The summed E-state index contributed by atoms with van der Waals surface area (Å²) in [6.45, 7) is 2.51. The molecular formula is C13H19Cl2N3O. The molecule has 0 aliphatic rings. The van der Waals surface area contributed by atoms with Crippen molar-refractivity contribution in [3.05, 3.63) is 28.2 Å². The highest BCUT2D eigenvalue weighted by Crippen LogP contribution is 2.25. The molecule has 0 aliphatic carbocycles. The number of carbonyl (C=O) groups is 1. The molecule has 2 N–H and O–H groups in total. The van der Waals surface area contributed by atoms with E-state index in [1.807, 2.05) is 14.1 Å². The normalized spacial score (nSPS) is 10.8. The Morgan fingerprint density at radius 1 is 1.32 bits per heavy atom. The van der Waals surface area contributed by atoms with Crippen LogP contribution in [0.25, 0.3) is 0 Å². The highest BCUT2D eigenvalue weighted by atomic mass is 35.5. The molecule has 1 aromatic carbocycles. The van der Waals surface area contributed by atoms with Gasteiger partial charge in [-0.2, -0.15) is 0 Å². The molecule has 0 heterocycles. The zero-order valence-electron chi connectivity index (χ0n) is 11.2. The number of halogens is 2. The van der Waals surface area contributed by atoms with Crippen LogP contribution >= 0.6 is 23.2 Å². The van der Waals surface area contributed by atoms with E-state index in [2.05, 4.69) is 15.5 Å². The molecule has 1 aromatic rings. The number of carbonyl (C=O) groups excluding carboxylic acids is 1. The minimum atomic E-state index is -0.0690. The predicted octanol–water partition coefficient (Wildman–Crippen LogP) is 2.47. The molecule has 0 radical (unpaired) electrons. The molecule has 0 aromatic heterocycles. The van der Waals surface area contributed by atoms with E-state index in [0.717, 1.165) is 13.1 Å². The summed E-state index contributed by atoms with van der Waals surface area (Å²) in [4.78, 5) is 13.9. The van der Waals surface area contributed by atoms with Gasteiger partial charge in [0.1, 0.15) is 0 Å². The second kappa shape index (κ2) is 8.38. The molecule has 0 saturated carbocycles. The summed E-state index contributed by atoms with van der Waals surface area (Å²) in [6.07, 6.45) is 0.420. The molecule has 0 fully saturated rings. The van der Waals surface area contributed by atoms with Crippen LogP contribution in [0.15, 0.2) is 18.2 Å². The number of likely N-dealkylation sites (N-methyl/N-ethyl adjacent to an activating group) is 2. The zero-order valence-corrected chi connectivity index (χ0v) is 12.7. The number of amides is 1. The molecule has 0 bridgehead atoms. The summed E-state index contributed by atoms with van der Waals surface area (Å²) in [5.41, 5.74) is 0.553. The van der Waals surface area contributed by atoms with Gasteiger partial charge < -0.3 is 15.5 Å². The van der Waals surface area contributed by atoms with Crippen molar-refractivity contribution in [2.24, 2.45) is 0 Å². The Morgan fingerprint density at radius 2 is 2.05 bits per heavy atom. The van der Waals surface area contributed by atoms with Crippen LogP contribution in [0.5, 0.6) is 0 Å². The molecule has 0 aliphatic heterocycles. The fourth-order valence-corrected chi connectivity index (χ4v) is 1.85. The Bertz CT molecular complexity index is 426. The summed E-state index contributed by atoms with van der Waals surface area (Å²) in [5.74, 6) is -0.0690. The molecule has 6 heteroatoms. The van der Waals surface area contributed by atoms with Crippen molar-refractivity contribution in [2.75, 3.05) is 39.0 Å². The van der Waals surface area contributed by atoms with Gasteiger partial charge in [-0.05, 0) is 32.3 Å². The largest absolute Gasteiger partial charge is 0.325 e. The summed E-state index contributed by atoms with van der Waals surface area (Å²) >= 11 is 11.8. The van der Waals surface area contributed by atoms with Crippen LogP contribution in [0.2, 0.25) is 10.0 Å². The average Bonchev–Trinajstić information content (AvgIpc) is 2.38. The summed E-state index contributed by atoms with van der Waals surface area (Å²) < 4.78 is 0. The Labute approximate surface area is 124 Å². The van der Waals surface area contributed by atoms with Gasteiger partial charge in [-0.3, -0.25) is 4.79 Å². The predicted molar refractivity (Wildman–Crippen MR) is 81.1 cm³/mol. The van der Waals surface area contributed by atoms with E-state index in [1.165, 1.54) is 0 Å². The third-order valence-corrected chi connectivity index (χ3v) is 3.23. The maximum absolute atomic E-state index is 11.8. The standard InChI is InChI=1S/C13H19Cl2N3O/c1-16-6-8-18(2)7-5-13(19)17-12-9-10(14)3-4-11(12)15/h3-4,9,16H,5-8H2,1-2H3,(H,17,19). The number of benzene rings is 1. The Kier molecular flexibility index (Phi) is 7.16. The fraction of sp³-hybridized carbons (Fsp3) is 0.462. The Morgan fingerprint density at radius 3 is 2.74 bits per heavy atom. The van der Waals surface area contributed by atoms with E-state index >= 15 is 0 Å². The first-order chi connectivity index (χ1) is 9.02. The van der Waals surface area contributed by atoms with Crippen molar-refractivity contribution >= 4 is 34.8 Å². The van der Waals surface area contributed by atoms with Gasteiger partial charge >= 0.3 is 0 Å². The lowest BCUT2D eigenvalue weighted by molar-refractivity contribution is -0.116. The number of anilines is 1. The molecule has 0 saturated heterocycles. The van der Waals surface area contributed by atoms with Gasteiger partial charge in [-0.1, -0.05) is 23.2 Å². The maximum Gasteiger partial charge on any atom is 0.225 e. The molecule has 1 rings (SSSR count). The van der Waals surface area contributed by atoms with Crippen molar-refractivity contribution in [1.29, 1.82) is 0 Å². The smallest absolute Gasteiger partial charge is 0.225 e. The number of hydrogen-bond acceptors (Lipinski definition) is 3. The van der Waals surface area contributed by atoms with Crippen LogP contribution in [0.4, 0.5) is 5.69 Å². The minimum absolute atomic E-state index is 0.0690. The van der Waals surface area contributed by atoms with Crippen molar-refractivity contribution in [2.45, 2.75) is 6.42 Å². The van der Waals surface area contributed by atoms with E-state index in [-0.39, 0.29) is 5.91 Å². The number of nitrogens with zero attached hydrogens (tertiary/aromatic N) is 1. The maximum atomic E-state index is 11.8. The minimum Gasteiger partial charge on any atom is -0.325 e. The molecule has 0 spiro atoms. The number of rotatable bonds is 7. The topological polar surface area (TPSA) is 44.4 Å². The quantitative estimate of drug-likeness (QED) is 0.813. The van der Waals surface area contributed by atoms with Crippen LogP contribution in [-0.2, 0) is 4.79 Å². The molecule has 4 nitrogen and oxygen atoms in total. The first-order valence-electron chi connectivity index (χ1n) is 6.11. The lowest BCUT2D eigenvalue weighted by atomic mass is 10.3. The first-order valence-corrected chi connectivity index (χ1v) is 6.86. The van der Waals surface area contributed by atoms with Crippen molar-refractivity contribution in [3.63, 3.8) is 0 Å². The highest BCUT2D eigenvalue weighted by molar-refractivity contribution is 6.35. The molecule has 106 valence electrons. The number of hydrogen-bond donors (Lipinski definition) is 2. The van der Waals surface area contributed by atoms with Crippen LogP contribution in [0, 0.1) is 0 Å². The van der Waals surface area contributed by atoms with E-state index in [0.29, 0.717) is 28.7 Å². The second-order valence-corrected chi connectivity index (χ2v) is 5.17. The molecule has 0 atom stereocenters. The van der Waals surface area contributed by atoms with E-state index in [4.69, 9.17) is 23.2 Å². The van der Waals surface area contributed by atoms with Crippen molar-refractivity contribution in [3.8, 4) is 0 Å². The third kappa shape index (κ3) is 6.25. The van der Waals surface area contributed by atoms with Gasteiger partial charge in [-0.25, -0.2) is 0 Å². The van der Waals surface area contributed by atoms with Gasteiger partial charge in [0, 0.05) is 31.1 Å².